The highest BCUT2D eigenvalue weighted by Gasteiger charge is 2.35. The summed E-state index contributed by atoms with van der Waals surface area (Å²) in [5.41, 5.74) is -0.238. The van der Waals surface area contributed by atoms with Crippen molar-refractivity contribution in [3.8, 4) is 0 Å². The van der Waals surface area contributed by atoms with Gasteiger partial charge in [-0.1, -0.05) is 6.92 Å². The summed E-state index contributed by atoms with van der Waals surface area (Å²) in [6.07, 6.45) is -0.976. The van der Waals surface area contributed by atoms with Crippen LogP contribution in [-0.4, -0.2) is 63.6 Å². The molecule has 0 amide bonds. The molecule has 2 atom stereocenters. The van der Waals surface area contributed by atoms with E-state index in [4.69, 9.17) is 0 Å². The molecule has 4 rings (SSSR count). The van der Waals surface area contributed by atoms with Crippen molar-refractivity contribution in [1.29, 1.82) is 0 Å². The number of alkyl halides is 3. The van der Waals surface area contributed by atoms with Crippen molar-refractivity contribution < 1.29 is 21.6 Å². The molecule has 2 aliphatic rings. The maximum atomic E-state index is 13.5. The average molecular weight is 486 g/mol. The highest BCUT2D eigenvalue weighted by Crippen LogP contribution is 2.38. The molecule has 1 aromatic carbocycles. The minimum atomic E-state index is -4.50. The predicted molar refractivity (Wildman–Crippen MR) is 122 cm³/mol. The molecule has 0 spiro atoms. The zero-order valence-corrected chi connectivity index (χ0v) is 19.6. The van der Waals surface area contributed by atoms with E-state index in [0.29, 0.717) is 30.6 Å². The van der Waals surface area contributed by atoms with Gasteiger partial charge in [-0.25, -0.2) is 0 Å². The Kier molecular flexibility index (Phi) is 6.86. The Bertz CT molecular complexity index is 1090. The van der Waals surface area contributed by atoms with Gasteiger partial charge in [0.15, 0.2) is 0 Å². The van der Waals surface area contributed by atoms with Crippen molar-refractivity contribution in [3.05, 3.63) is 36.0 Å². The van der Waals surface area contributed by atoms with Crippen LogP contribution in [0.25, 0.3) is 10.9 Å². The summed E-state index contributed by atoms with van der Waals surface area (Å²) in [5, 5.41) is 0.410. The minimum absolute atomic E-state index is 0.0956. The van der Waals surface area contributed by atoms with Gasteiger partial charge >= 0.3 is 6.18 Å². The average Bonchev–Trinajstić information content (AvgIpc) is 2.73. The van der Waals surface area contributed by atoms with E-state index >= 15 is 0 Å². The monoisotopic (exact) mass is 485 g/mol. The summed E-state index contributed by atoms with van der Waals surface area (Å²) in [6.45, 7) is 4.69. The van der Waals surface area contributed by atoms with Crippen molar-refractivity contribution in [2.45, 2.75) is 44.4 Å². The Morgan fingerprint density at radius 3 is 2.45 bits per heavy atom. The highest BCUT2D eigenvalue weighted by molar-refractivity contribution is 7.87. The molecule has 2 aromatic rings. The molecule has 2 fully saturated rings. The zero-order valence-electron chi connectivity index (χ0n) is 18.8. The number of fused-ring (bicyclic) bond motifs is 1. The van der Waals surface area contributed by atoms with Gasteiger partial charge in [-0.05, 0) is 69.6 Å². The fourth-order valence-corrected chi connectivity index (χ4v) is 6.25. The second-order valence-electron chi connectivity index (χ2n) is 9.29. The first-order valence-electron chi connectivity index (χ1n) is 11.2. The molecule has 2 aliphatic heterocycles. The lowest BCUT2D eigenvalue weighted by Crippen LogP contribution is -2.55. The van der Waals surface area contributed by atoms with E-state index in [1.54, 1.807) is 12.1 Å². The highest BCUT2D eigenvalue weighted by atomic mass is 32.2. The van der Waals surface area contributed by atoms with Gasteiger partial charge in [-0.2, -0.15) is 31.0 Å². The van der Waals surface area contributed by atoms with Crippen LogP contribution in [0.4, 0.5) is 18.9 Å². The fourth-order valence-electron chi connectivity index (χ4n) is 4.90. The topological polar surface area (TPSA) is 77.6 Å². The summed E-state index contributed by atoms with van der Waals surface area (Å²) >= 11 is 0. The van der Waals surface area contributed by atoms with Crippen LogP contribution in [0.3, 0.4) is 0 Å². The lowest BCUT2D eigenvalue weighted by molar-refractivity contribution is -0.136. The van der Waals surface area contributed by atoms with Crippen LogP contribution in [0.1, 0.15) is 31.7 Å². The lowest BCUT2D eigenvalue weighted by atomic mass is 9.95. The Morgan fingerprint density at radius 1 is 1.06 bits per heavy atom. The summed E-state index contributed by atoms with van der Waals surface area (Å²) in [4.78, 5) is 8.13. The van der Waals surface area contributed by atoms with Crippen LogP contribution in [-0.2, 0) is 16.4 Å². The van der Waals surface area contributed by atoms with E-state index in [0.717, 1.165) is 32.0 Å². The van der Waals surface area contributed by atoms with E-state index in [1.165, 1.54) is 12.3 Å². The number of halogens is 3. The second-order valence-corrected chi connectivity index (χ2v) is 10.8. The molecule has 0 saturated carbocycles. The van der Waals surface area contributed by atoms with Crippen molar-refractivity contribution in [2.75, 3.05) is 38.1 Å². The largest absolute Gasteiger partial charge is 0.418 e. The Hall–Kier alpha value is -1.95. The number of hydrogen-bond acceptors (Lipinski definition) is 5. The van der Waals surface area contributed by atoms with Gasteiger partial charge in [0.05, 0.1) is 11.1 Å². The van der Waals surface area contributed by atoms with E-state index in [1.807, 2.05) is 18.9 Å². The Balaban J connectivity index is 1.53. The van der Waals surface area contributed by atoms with Gasteiger partial charge in [0.25, 0.3) is 10.2 Å². The standard InChI is InChI=1S/C22H30F3N5O2S/c1-15-12-17(28-33(31,32)27-16-7-10-29(2)11-8-16)14-30(13-15)20-6-5-19(22(23,24)25)21-18(20)4-3-9-26-21/h3-6,9,15-17,27-28H,7-8,10-14H2,1-2H3/t15-,17+/m0/s1. The molecule has 2 N–H and O–H groups in total. The number of aromatic nitrogens is 1. The normalized spacial score (nSPS) is 23.8. The van der Waals surface area contributed by atoms with Crippen LogP contribution >= 0.6 is 0 Å². The third-order valence-electron chi connectivity index (χ3n) is 6.41. The minimum Gasteiger partial charge on any atom is -0.369 e. The molecule has 2 saturated heterocycles. The zero-order chi connectivity index (χ0) is 23.8. The number of nitrogens with zero attached hydrogens (tertiary/aromatic N) is 3. The van der Waals surface area contributed by atoms with Gasteiger partial charge in [0.2, 0.25) is 0 Å². The number of benzene rings is 1. The van der Waals surface area contributed by atoms with Gasteiger partial charge in [-0.3, -0.25) is 4.98 Å². The maximum Gasteiger partial charge on any atom is 0.418 e. The van der Waals surface area contributed by atoms with E-state index in [9.17, 15) is 21.6 Å². The number of anilines is 1. The van der Waals surface area contributed by atoms with Crippen LogP contribution in [0.5, 0.6) is 0 Å². The number of pyridine rings is 1. The molecular weight excluding hydrogens is 455 g/mol. The van der Waals surface area contributed by atoms with E-state index in [-0.39, 0.29) is 23.5 Å². The van der Waals surface area contributed by atoms with Crippen LogP contribution in [0, 0.1) is 5.92 Å². The molecule has 0 radical (unpaired) electrons. The number of nitrogens with one attached hydrogen (secondary N) is 2. The third-order valence-corrected chi connectivity index (χ3v) is 7.70. The van der Waals surface area contributed by atoms with E-state index in [2.05, 4.69) is 19.3 Å². The molecule has 7 nitrogen and oxygen atoms in total. The lowest BCUT2D eigenvalue weighted by Gasteiger charge is -2.39. The smallest absolute Gasteiger partial charge is 0.369 e. The number of rotatable bonds is 5. The number of piperidine rings is 2. The maximum absolute atomic E-state index is 13.5. The summed E-state index contributed by atoms with van der Waals surface area (Å²) in [5.74, 6) is 0.156. The summed E-state index contributed by atoms with van der Waals surface area (Å²) in [6, 6.07) is 5.32. The second kappa shape index (κ2) is 9.36. The predicted octanol–water partition coefficient (Wildman–Crippen LogP) is 2.99. The van der Waals surface area contributed by atoms with Gasteiger partial charge in [0.1, 0.15) is 0 Å². The third kappa shape index (κ3) is 5.76. The van der Waals surface area contributed by atoms with Crippen molar-refractivity contribution in [2.24, 2.45) is 5.92 Å². The van der Waals surface area contributed by atoms with Crippen LogP contribution in [0.15, 0.2) is 30.5 Å². The van der Waals surface area contributed by atoms with E-state index < -0.39 is 21.9 Å². The van der Waals surface area contributed by atoms with Crippen molar-refractivity contribution in [1.82, 2.24) is 19.3 Å². The quantitative estimate of drug-likeness (QED) is 0.681. The Labute approximate surface area is 192 Å². The first kappa shape index (κ1) is 24.2. The molecule has 33 heavy (non-hydrogen) atoms. The number of likely N-dealkylation sites (tertiary alicyclic amines) is 1. The molecule has 1 aromatic heterocycles. The SMILES string of the molecule is C[C@H]1C[C@@H](NS(=O)(=O)NC2CCN(C)CC2)CN(c2ccc(C(F)(F)F)c3ncccc23)C1. The van der Waals surface area contributed by atoms with Gasteiger partial charge in [0, 0.05) is 42.4 Å². The molecule has 0 unspecified atom stereocenters. The first-order chi connectivity index (χ1) is 15.5. The molecular formula is C22H30F3N5O2S. The van der Waals surface area contributed by atoms with Crippen molar-refractivity contribution >= 4 is 26.8 Å². The van der Waals surface area contributed by atoms with Crippen molar-refractivity contribution in [3.63, 3.8) is 0 Å². The molecule has 11 heteroatoms. The van der Waals surface area contributed by atoms with Gasteiger partial charge < -0.3 is 9.80 Å². The molecule has 3 heterocycles. The number of hydrogen-bond donors (Lipinski definition) is 2. The Morgan fingerprint density at radius 2 is 1.76 bits per heavy atom. The van der Waals surface area contributed by atoms with Crippen LogP contribution in [0.2, 0.25) is 0 Å². The van der Waals surface area contributed by atoms with Gasteiger partial charge in [-0.15, -0.1) is 0 Å². The summed E-state index contributed by atoms with van der Waals surface area (Å²) < 4.78 is 71.5. The summed E-state index contributed by atoms with van der Waals surface area (Å²) in [7, 11) is -1.69. The molecule has 0 bridgehead atoms. The van der Waals surface area contributed by atoms with Crippen LogP contribution < -0.4 is 14.3 Å². The molecule has 0 aliphatic carbocycles. The first-order valence-corrected chi connectivity index (χ1v) is 12.7. The molecule has 182 valence electrons. The fraction of sp³-hybridized carbons (Fsp3) is 0.591.